The van der Waals surface area contributed by atoms with E-state index in [-0.39, 0.29) is 12.4 Å². The Hall–Kier alpha value is -1.98. The summed E-state index contributed by atoms with van der Waals surface area (Å²) in [5, 5.41) is 0. The average molecular weight is 296 g/mol. The zero-order valence-electron chi connectivity index (χ0n) is 13.6. The van der Waals surface area contributed by atoms with E-state index in [4.69, 9.17) is 15.2 Å². The van der Waals surface area contributed by atoms with E-state index < -0.39 is 17.5 Å². The number of nitrogen functional groups attached to an aromatic ring is 1. The fourth-order valence-electron chi connectivity index (χ4n) is 2.02. The second-order valence-corrected chi connectivity index (χ2v) is 5.86. The molecule has 0 radical (unpaired) electrons. The number of hydrogen-bond donors (Lipinski definition) is 1. The zero-order chi connectivity index (χ0) is 16.4. The van der Waals surface area contributed by atoms with E-state index in [2.05, 4.69) is 0 Å². The molecular weight excluding hydrogens is 272 g/mol. The monoisotopic (exact) mass is 296 g/mol. The van der Waals surface area contributed by atoms with E-state index in [1.54, 1.807) is 46.1 Å². The summed E-state index contributed by atoms with van der Waals surface area (Å²) in [7, 11) is 0. The lowest BCUT2D eigenvalue weighted by Gasteiger charge is -2.19. The maximum atomic E-state index is 12.2. The normalized spacial score (nSPS) is 11.3. The molecule has 0 unspecified atom stereocenters. The van der Waals surface area contributed by atoms with Crippen molar-refractivity contribution in [3.8, 4) is 0 Å². The predicted molar refractivity (Wildman–Crippen MR) is 80.1 cm³/mol. The summed E-state index contributed by atoms with van der Waals surface area (Å²) in [6.07, 6.45) is 0. The van der Waals surface area contributed by atoms with Crippen LogP contribution in [0.2, 0.25) is 0 Å². The highest BCUT2D eigenvalue weighted by atomic mass is 16.6. The topological polar surface area (TPSA) is 83.5 Å². The lowest BCUT2D eigenvalue weighted by molar-refractivity contribution is -0.143. The third kappa shape index (κ3) is 4.00. The van der Waals surface area contributed by atoms with E-state index in [0.29, 0.717) is 17.7 Å². The lowest BCUT2D eigenvalue weighted by Crippen LogP contribution is -2.25. The Kier molecular flexibility index (Phi) is 5.04. The first-order valence-electron chi connectivity index (χ1n) is 6.92. The Bertz CT molecular complexity index is 553. The highest BCUT2D eigenvalue weighted by molar-refractivity contribution is 5.97. The minimum atomic E-state index is -0.604. The maximum Gasteiger partial charge on any atom is 0.342 e. The van der Waals surface area contributed by atoms with Crippen molar-refractivity contribution in [3.63, 3.8) is 0 Å². The third-order valence-electron chi connectivity index (χ3n) is 3.07. The smallest absolute Gasteiger partial charge is 0.342 e. The molecule has 1 rings (SSSR count). The van der Waals surface area contributed by atoms with Crippen molar-refractivity contribution < 1.29 is 19.1 Å². The summed E-state index contributed by atoms with van der Waals surface area (Å²) < 4.78 is 11.8. The van der Waals surface area contributed by atoms with Crippen LogP contribution < -0.4 is 5.73 Å². The molecule has 2 N–H and O–H groups in total. The van der Waals surface area contributed by atoms with Crippen LogP contribution >= 0.6 is 0 Å². The Morgan fingerprint density at radius 2 is 1.81 bits per heavy atom. The number of aromatic nitrogens is 1. The molecule has 0 aliphatic heterocycles. The molecule has 1 heterocycles. The predicted octanol–water partition coefficient (Wildman–Crippen LogP) is 2.21. The Labute approximate surface area is 125 Å². The van der Waals surface area contributed by atoms with Crippen LogP contribution in [0.4, 0.5) is 5.82 Å². The minimum absolute atomic E-state index is 0.0187. The van der Waals surface area contributed by atoms with Gasteiger partial charge < -0.3 is 19.8 Å². The van der Waals surface area contributed by atoms with Gasteiger partial charge in [-0.3, -0.25) is 4.79 Å². The molecule has 0 aliphatic rings. The number of nitrogens with zero attached hydrogens (tertiary/aromatic N) is 1. The SMILES string of the molecule is CCOC(=O)Cn1c(C)c(C)c(C(=O)OC(C)(C)C)c1N. The fourth-order valence-corrected chi connectivity index (χ4v) is 2.02. The fraction of sp³-hybridized carbons (Fsp3) is 0.600. The Morgan fingerprint density at radius 3 is 2.29 bits per heavy atom. The summed E-state index contributed by atoms with van der Waals surface area (Å²) in [4.78, 5) is 23.9. The molecule has 0 fully saturated rings. The van der Waals surface area contributed by atoms with Gasteiger partial charge in [-0.1, -0.05) is 0 Å². The van der Waals surface area contributed by atoms with Gasteiger partial charge in [-0.25, -0.2) is 4.79 Å². The van der Waals surface area contributed by atoms with E-state index in [1.165, 1.54) is 0 Å². The van der Waals surface area contributed by atoms with Crippen LogP contribution in [0.15, 0.2) is 0 Å². The lowest BCUT2D eigenvalue weighted by atomic mass is 10.1. The van der Waals surface area contributed by atoms with Gasteiger partial charge in [-0.2, -0.15) is 0 Å². The molecule has 0 aliphatic carbocycles. The van der Waals surface area contributed by atoms with Crippen molar-refractivity contribution in [2.24, 2.45) is 0 Å². The average Bonchev–Trinajstić information content (AvgIpc) is 2.51. The van der Waals surface area contributed by atoms with Crippen molar-refractivity contribution >= 4 is 17.8 Å². The molecule has 1 aromatic heterocycles. The van der Waals surface area contributed by atoms with Crippen molar-refractivity contribution in [1.29, 1.82) is 0 Å². The highest BCUT2D eigenvalue weighted by Crippen LogP contribution is 2.26. The Morgan fingerprint density at radius 1 is 1.24 bits per heavy atom. The molecule has 6 nitrogen and oxygen atoms in total. The minimum Gasteiger partial charge on any atom is -0.465 e. The van der Waals surface area contributed by atoms with Crippen LogP contribution in [0.5, 0.6) is 0 Å². The summed E-state index contributed by atoms with van der Waals surface area (Å²) in [5.41, 5.74) is 7.20. The van der Waals surface area contributed by atoms with Gasteiger partial charge in [0, 0.05) is 5.69 Å². The molecule has 0 aromatic carbocycles. The first-order valence-corrected chi connectivity index (χ1v) is 6.92. The largest absolute Gasteiger partial charge is 0.465 e. The highest BCUT2D eigenvalue weighted by Gasteiger charge is 2.26. The van der Waals surface area contributed by atoms with Crippen LogP contribution in [0.25, 0.3) is 0 Å². The van der Waals surface area contributed by atoms with Gasteiger partial charge in [-0.15, -0.1) is 0 Å². The zero-order valence-corrected chi connectivity index (χ0v) is 13.6. The number of rotatable bonds is 4. The van der Waals surface area contributed by atoms with E-state index >= 15 is 0 Å². The van der Waals surface area contributed by atoms with Crippen LogP contribution in [0.1, 0.15) is 49.3 Å². The van der Waals surface area contributed by atoms with Crippen molar-refractivity contribution in [1.82, 2.24) is 4.57 Å². The van der Waals surface area contributed by atoms with Crippen LogP contribution in [-0.2, 0) is 20.8 Å². The summed E-state index contributed by atoms with van der Waals surface area (Å²) >= 11 is 0. The second-order valence-electron chi connectivity index (χ2n) is 5.86. The van der Waals surface area contributed by atoms with Crippen LogP contribution in [0.3, 0.4) is 0 Å². The van der Waals surface area contributed by atoms with Gasteiger partial charge in [0.05, 0.1) is 6.61 Å². The summed E-state index contributed by atoms with van der Waals surface area (Å²) in [6.45, 7) is 11.0. The summed E-state index contributed by atoms with van der Waals surface area (Å²) in [6, 6.07) is 0. The van der Waals surface area contributed by atoms with E-state index in [0.717, 1.165) is 5.69 Å². The van der Waals surface area contributed by atoms with Gasteiger partial charge in [0.25, 0.3) is 0 Å². The Balaban J connectivity index is 3.14. The van der Waals surface area contributed by atoms with Gasteiger partial charge in [0.1, 0.15) is 23.5 Å². The molecular formula is C15H24N2O4. The van der Waals surface area contributed by atoms with Gasteiger partial charge in [0.15, 0.2) is 0 Å². The quantitative estimate of drug-likeness (QED) is 0.861. The first kappa shape index (κ1) is 17.1. The van der Waals surface area contributed by atoms with Gasteiger partial charge in [-0.05, 0) is 47.1 Å². The molecule has 1 aromatic rings. The van der Waals surface area contributed by atoms with Crippen molar-refractivity contribution in [2.75, 3.05) is 12.3 Å². The number of anilines is 1. The number of carbonyl (C=O) groups excluding carboxylic acids is 2. The van der Waals surface area contributed by atoms with Gasteiger partial charge in [0.2, 0.25) is 0 Å². The molecule has 6 heteroatoms. The van der Waals surface area contributed by atoms with E-state index in [1.807, 2.05) is 0 Å². The number of ether oxygens (including phenoxy) is 2. The van der Waals surface area contributed by atoms with Crippen molar-refractivity contribution in [2.45, 2.75) is 53.7 Å². The molecule has 118 valence electrons. The molecule has 21 heavy (non-hydrogen) atoms. The number of esters is 2. The first-order chi connectivity index (χ1) is 9.58. The number of nitrogens with two attached hydrogens (primary N) is 1. The van der Waals surface area contributed by atoms with Gasteiger partial charge >= 0.3 is 11.9 Å². The second kappa shape index (κ2) is 6.20. The number of hydrogen-bond acceptors (Lipinski definition) is 5. The maximum absolute atomic E-state index is 12.2. The molecule has 0 saturated carbocycles. The standard InChI is InChI=1S/C15H24N2O4/c1-7-20-11(18)8-17-10(3)9(2)12(13(17)16)14(19)21-15(4,5)6/h7-8,16H2,1-6H3. The van der Waals surface area contributed by atoms with Crippen LogP contribution in [-0.4, -0.2) is 28.7 Å². The van der Waals surface area contributed by atoms with Crippen LogP contribution in [0, 0.1) is 13.8 Å². The molecule has 0 bridgehead atoms. The third-order valence-corrected chi connectivity index (χ3v) is 3.07. The molecule has 0 spiro atoms. The van der Waals surface area contributed by atoms with Crippen molar-refractivity contribution in [3.05, 3.63) is 16.8 Å². The van der Waals surface area contributed by atoms with E-state index in [9.17, 15) is 9.59 Å². The molecule has 0 saturated heterocycles. The summed E-state index contributed by atoms with van der Waals surface area (Å²) in [5.74, 6) is -0.645. The molecule has 0 amide bonds. The molecule has 0 atom stereocenters. The number of carbonyl (C=O) groups is 2.